The van der Waals surface area contributed by atoms with Crippen LogP contribution in [0.15, 0.2) is 78.4 Å². The fraction of sp³-hybridized carbons (Fsp3) is 0.185. The van der Waals surface area contributed by atoms with Crippen molar-refractivity contribution in [3.63, 3.8) is 0 Å². The second kappa shape index (κ2) is 9.61. The Hall–Kier alpha value is -3.77. The third kappa shape index (κ3) is 4.63. The van der Waals surface area contributed by atoms with Gasteiger partial charge in [0.1, 0.15) is 17.3 Å². The van der Waals surface area contributed by atoms with E-state index in [1.807, 2.05) is 13.8 Å². The van der Waals surface area contributed by atoms with Gasteiger partial charge in [-0.1, -0.05) is 49.7 Å². The number of anilines is 1. The molecule has 0 saturated carbocycles. The fourth-order valence-corrected chi connectivity index (χ4v) is 3.95. The summed E-state index contributed by atoms with van der Waals surface area (Å²) in [5, 5.41) is 21.5. The summed E-state index contributed by atoms with van der Waals surface area (Å²) in [6.45, 7) is 4.55. The highest BCUT2D eigenvalue weighted by molar-refractivity contribution is 6.51. The van der Waals surface area contributed by atoms with Crippen molar-refractivity contribution in [2.75, 3.05) is 11.5 Å². The maximum atomic E-state index is 13.2. The molecule has 3 aromatic carbocycles. The Morgan fingerprint density at radius 1 is 1.03 bits per heavy atom. The summed E-state index contributed by atoms with van der Waals surface area (Å²) in [6, 6.07) is 18.6. The Morgan fingerprint density at radius 3 is 2.35 bits per heavy atom. The van der Waals surface area contributed by atoms with Gasteiger partial charge in [0.15, 0.2) is 0 Å². The molecule has 1 fully saturated rings. The predicted octanol–water partition coefficient (Wildman–Crippen LogP) is 5.71. The maximum Gasteiger partial charge on any atom is 0.300 e. The van der Waals surface area contributed by atoms with Crippen molar-refractivity contribution in [2.24, 2.45) is 5.92 Å². The van der Waals surface area contributed by atoms with E-state index >= 15 is 0 Å². The van der Waals surface area contributed by atoms with Gasteiger partial charge in [0.2, 0.25) is 0 Å². The molecule has 4 rings (SSSR count). The van der Waals surface area contributed by atoms with Gasteiger partial charge >= 0.3 is 0 Å². The number of halogens is 1. The van der Waals surface area contributed by atoms with E-state index in [0.717, 1.165) is 0 Å². The van der Waals surface area contributed by atoms with E-state index in [4.69, 9.17) is 16.3 Å². The van der Waals surface area contributed by atoms with E-state index in [0.29, 0.717) is 40.1 Å². The second-order valence-corrected chi connectivity index (χ2v) is 8.91. The van der Waals surface area contributed by atoms with Crippen LogP contribution < -0.4 is 9.64 Å². The minimum absolute atomic E-state index is 0.0437. The number of Topliss-reactive ketones (excluding diaryl/α,β-unsaturated/α-hetero) is 1. The number of ether oxygens (including phenoxy) is 1. The second-order valence-electron chi connectivity index (χ2n) is 8.47. The molecule has 0 radical (unpaired) electrons. The molecule has 1 heterocycles. The van der Waals surface area contributed by atoms with Crippen LogP contribution in [0.5, 0.6) is 11.5 Å². The molecule has 1 unspecified atom stereocenters. The summed E-state index contributed by atoms with van der Waals surface area (Å²) >= 11 is 6.01. The molecular weight excluding hydrogens is 454 g/mol. The lowest BCUT2D eigenvalue weighted by molar-refractivity contribution is -0.132. The Bertz CT molecular complexity index is 1250. The largest absolute Gasteiger partial charge is 0.508 e. The molecule has 7 heteroatoms. The SMILES string of the molecule is CC(C)COc1cccc(/C(O)=C2/C(=O)C(=O)N(c3ccc(Cl)cc3)C2c2ccc(O)cc2)c1. The molecule has 6 nitrogen and oxygen atoms in total. The van der Waals surface area contributed by atoms with Gasteiger partial charge < -0.3 is 14.9 Å². The van der Waals surface area contributed by atoms with E-state index in [-0.39, 0.29) is 17.1 Å². The molecule has 3 aromatic rings. The highest BCUT2D eigenvalue weighted by atomic mass is 35.5. The van der Waals surface area contributed by atoms with E-state index in [1.165, 1.54) is 17.0 Å². The molecule has 1 amide bonds. The van der Waals surface area contributed by atoms with Crippen molar-refractivity contribution in [1.29, 1.82) is 0 Å². The van der Waals surface area contributed by atoms with Crippen LogP contribution in [0, 0.1) is 5.92 Å². The standard InChI is InChI=1S/C27H24ClNO5/c1-16(2)15-34-22-5-3-4-18(14-22)25(31)23-24(17-6-12-21(30)13-7-17)29(27(33)26(23)32)20-10-8-19(28)9-11-20/h3-14,16,24,30-31H,15H2,1-2H3/b25-23-. The maximum absolute atomic E-state index is 13.2. The van der Waals surface area contributed by atoms with Gasteiger partial charge in [0.05, 0.1) is 18.2 Å². The van der Waals surface area contributed by atoms with Crippen LogP contribution in [0.4, 0.5) is 5.69 Å². The third-order valence-corrected chi connectivity index (χ3v) is 5.70. The number of benzene rings is 3. The number of carbonyl (C=O) groups excluding carboxylic acids is 2. The summed E-state index contributed by atoms with van der Waals surface area (Å²) in [6.07, 6.45) is 0. The number of rotatable bonds is 6. The number of phenols is 1. The zero-order valence-corrected chi connectivity index (χ0v) is 19.5. The van der Waals surface area contributed by atoms with Crippen LogP contribution in [0.2, 0.25) is 5.02 Å². The van der Waals surface area contributed by atoms with Crippen molar-refractivity contribution in [3.05, 3.63) is 94.5 Å². The molecule has 1 atom stereocenters. The lowest BCUT2D eigenvalue weighted by Gasteiger charge is -2.25. The Balaban J connectivity index is 1.85. The number of aromatic hydroxyl groups is 1. The molecule has 2 N–H and O–H groups in total. The van der Waals surface area contributed by atoms with Crippen LogP contribution in [0.25, 0.3) is 5.76 Å². The van der Waals surface area contributed by atoms with Gasteiger partial charge in [0.25, 0.3) is 11.7 Å². The van der Waals surface area contributed by atoms with Crippen LogP contribution in [-0.4, -0.2) is 28.5 Å². The smallest absolute Gasteiger partial charge is 0.300 e. The number of phenolic OH excluding ortho intramolecular Hbond substituents is 1. The van der Waals surface area contributed by atoms with Crippen LogP contribution >= 0.6 is 11.6 Å². The van der Waals surface area contributed by atoms with Gasteiger partial charge in [-0.05, 0) is 60.0 Å². The molecule has 0 spiro atoms. The zero-order chi connectivity index (χ0) is 24.4. The Morgan fingerprint density at radius 2 is 1.71 bits per heavy atom. The summed E-state index contributed by atoms with van der Waals surface area (Å²) in [5.74, 6) is -0.972. The zero-order valence-electron chi connectivity index (χ0n) is 18.7. The average molecular weight is 478 g/mol. The topological polar surface area (TPSA) is 87.1 Å². The van der Waals surface area contributed by atoms with Gasteiger partial charge in [-0.15, -0.1) is 0 Å². The number of carbonyl (C=O) groups is 2. The van der Waals surface area contributed by atoms with E-state index in [1.54, 1.807) is 60.7 Å². The summed E-state index contributed by atoms with van der Waals surface area (Å²) in [4.78, 5) is 27.7. The average Bonchev–Trinajstić information content (AvgIpc) is 3.09. The highest BCUT2D eigenvalue weighted by Crippen LogP contribution is 2.42. The minimum Gasteiger partial charge on any atom is -0.508 e. The molecule has 0 aromatic heterocycles. The molecule has 34 heavy (non-hydrogen) atoms. The molecule has 174 valence electrons. The third-order valence-electron chi connectivity index (χ3n) is 5.45. The Labute approximate surface area is 202 Å². The first-order valence-corrected chi connectivity index (χ1v) is 11.2. The summed E-state index contributed by atoms with van der Waals surface area (Å²) in [7, 11) is 0. The first-order valence-electron chi connectivity index (χ1n) is 10.8. The fourth-order valence-electron chi connectivity index (χ4n) is 3.82. The van der Waals surface area contributed by atoms with Gasteiger partial charge in [-0.2, -0.15) is 0 Å². The van der Waals surface area contributed by atoms with E-state index < -0.39 is 17.7 Å². The van der Waals surface area contributed by atoms with Crippen molar-refractivity contribution >= 4 is 34.7 Å². The summed E-state index contributed by atoms with van der Waals surface area (Å²) < 4.78 is 5.76. The minimum atomic E-state index is -0.901. The summed E-state index contributed by atoms with van der Waals surface area (Å²) in [5.41, 5.74) is 1.32. The van der Waals surface area contributed by atoms with Gasteiger partial charge in [-0.25, -0.2) is 0 Å². The number of ketones is 1. The first kappa shape index (κ1) is 23.4. The van der Waals surface area contributed by atoms with Crippen LogP contribution in [0.1, 0.15) is 31.0 Å². The predicted molar refractivity (Wildman–Crippen MR) is 131 cm³/mol. The van der Waals surface area contributed by atoms with Crippen molar-refractivity contribution in [2.45, 2.75) is 19.9 Å². The lowest BCUT2D eigenvalue weighted by atomic mass is 9.95. The quantitative estimate of drug-likeness (QED) is 0.270. The van der Waals surface area contributed by atoms with E-state index in [9.17, 15) is 19.8 Å². The number of nitrogens with zero attached hydrogens (tertiary/aromatic N) is 1. The van der Waals surface area contributed by atoms with Gasteiger partial charge in [-0.3, -0.25) is 14.5 Å². The number of aliphatic hydroxyl groups excluding tert-OH is 1. The normalized spacial score (nSPS) is 17.4. The van der Waals surface area contributed by atoms with Gasteiger partial charge in [0, 0.05) is 16.3 Å². The number of hydrogen-bond acceptors (Lipinski definition) is 5. The van der Waals surface area contributed by atoms with Crippen molar-refractivity contribution in [3.8, 4) is 11.5 Å². The lowest BCUT2D eigenvalue weighted by Crippen LogP contribution is -2.29. The molecular formula is C27H24ClNO5. The van der Waals surface area contributed by atoms with Crippen LogP contribution in [-0.2, 0) is 9.59 Å². The van der Waals surface area contributed by atoms with Crippen molar-refractivity contribution < 1.29 is 24.5 Å². The first-order chi connectivity index (χ1) is 16.3. The Kier molecular flexibility index (Phi) is 6.61. The number of amides is 1. The molecule has 1 aliphatic heterocycles. The number of hydrogen-bond donors (Lipinski definition) is 2. The van der Waals surface area contributed by atoms with Crippen molar-refractivity contribution in [1.82, 2.24) is 0 Å². The molecule has 0 aliphatic carbocycles. The molecule has 1 aliphatic rings. The van der Waals surface area contributed by atoms with E-state index in [2.05, 4.69) is 0 Å². The highest BCUT2D eigenvalue weighted by Gasteiger charge is 2.47. The molecule has 0 bridgehead atoms. The molecule has 1 saturated heterocycles. The monoisotopic (exact) mass is 477 g/mol. The number of aliphatic hydroxyl groups is 1. The van der Waals surface area contributed by atoms with Crippen LogP contribution in [0.3, 0.4) is 0 Å².